The molecule has 26 heavy (non-hydrogen) atoms. The van der Waals surface area contributed by atoms with Crippen LogP contribution in [0.5, 0.6) is 0 Å². The summed E-state index contributed by atoms with van der Waals surface area (Å²) in [5, 5.41) is 0.459. The highest BCUT2D eigenvalue weighted by molar-refractivity contribution is 6.12. The van der Waals surface area contributed by atoms with Gasteiger partial charge in [-0.1, -0.05) is 24.3 Å². The third kappa shape index (κ3) is 2.56. The first-order chi connectivity index (χ1) is 12.6. The highest BCUT2D eigenvalue weighted by Gasteiger charge is 2.27. The summed E-state index contributed by atoms with van der Waals surface area (Å²) in [6.07, 6.45) is 5.19. The third-order valence-electron chi connectivity index (χ3n) is 4.44. The van der Waals surface area contributed by atoms with Crippen molar-refractivity contribution < 1.29 is 9.59 Å². The van der Waals surface area contributed by atoms with Crippen LogP contribution in [-0.2, 0) is 13.1 Å². The van der Waals surface area contributed by atoms with Crippen molar-refractivity contribution in [1.29, 1.82) is 0 Å². The van der Waals surface area contributed by atoms with E-state index in [-0.39, 0.29) is 17.5 Å². The van der Waals surface area contributed by atoms with Gasteiger partial charge in [0, 0.05) is 24.0 Å². The van der Waals surface area contributed by atoms with E-state index >= 15 is 0 Å². The molecule has 0 spiro atoms. The van der Waals surface area contributed by atoms with Crippen molar-refractivity contribution in [3.05, 3.63) is 64.8 Å². The Bertz CT molecular complexity index is 1090. The van der Waals surface area contributed by atoms with Crippen molar-refractivity contribution in [2.45, 2.75) is 13.1 Å². The van der Waals surface area contributed by atoms with Gasteiger partial charge in [-0.3, -0.25) is 9.59 Å². The Morgan fingerprint density at radius 1 is 1.08 bits per heavy atom. The molecule has 1 aliphatic rings. The fraction of sp³-hybridized carbons (Fsp3) is 0.100. The van der Waals surface area contributed by atoms with Crippen LogP contribution in [0.25, 0.3) is 10.9 Å². The maximum absolute atomic E-state index is 13.1. The van der Waals surface area contributed by atoms with Gasteiger partial charge in [0.15, 0.2) is 0 Å². The zero-order chi connectivity index (χ0) is 18.3. The number of amides is 1. The van der Waals surface area contributed by atoms with E-state index in [4.69, 9.17) is 12.2 Å². The Balaban J connectivity index is 1.79. The first-order valence-corrected chi connectivity index (χ1v) is 8.01. The summed E-state index contributed by atoms with van der Waals surface area (Å²) in [4.78, 5) is 34.9. The lowest BCUT2D eigenvalue weighted by atomic mass is 10.1. The van der Waals surface area contributed by atoms with Crippen LogP contribution in [0.1, 0.15) is 32.0 Å². The van der Waals surface area contributed by atoms with Crippen molar-refractivity contribution in [3.8, 4) is 12.3 Å². The molecule has 1 aromatic heterocycles. The molecule has 2 aromatic carbocycles. The zero-order valence-corrected chi connectivity index (χ0v) is 13.8. The zero-order valence-electron chi connectivity index (χ0n) is 13.8. The highest BCUT2D eigenvalue weighted by Crippen LogP contribution is 2.26. The molecular formula is C20H14N4O2. The molecule has 126 valence electrons. The number of ketones is 1. The number of aromatic nitrogens is 2. The van der Waals surface area contributed by atoms with Gasteiger partial charge in [-0.05, 0) is 35.2 Å². The van der Waals surface area contributed by atoms with Gasteiger partial charge >= 0.3 is 0 Å². The van der Waals surface area contributed by atoms with Crippen LogP contribution in [0, 0.1) is 12.3 Å². The van der Waals surface area contributed by atoms with Gasteiger partial charge in [0.05, 0.1) is 5.52 Å². The molecule has 0 radical (unpaired) electrons. The van der Waals surface area contributed by atoms with Crippen molar-refractivity contribution in [1.82, 2.24) is 14.9 Å². The fourth-order valence-electron chi connectivity index (χ4n) is 3.16. The minimum Gasteiger partial charge on any atom is -0.368 e. The molecule has 2 heterocycles. The standard InChI is InChI=1S/C20H14N4O2/c1-2-17(25)12-7-8-16-15(9-12)18(23-20(21)22-16)19(26)24-10-13-5-3-4-6-14(13)11-24/h1,3-9H,10-11H2,(H2,21,22,23). The van der Waals surface area contributed by atoms with E-state index in [1.807, 2.05) is 24.3 Å². The van der Waals surface area contributed by atoms with E-state index < -0.39 is 5.78 Å². The maximum atomic E-state index is 13.1. The molecule has 6 nitrogen and oxygen atoms in total. The molecular weight excluding hydrogens is 328 g/mol. The Morgan fingerprint density at radius 2 is 1.77 bits per heavy atom. The predicted octanol–water partition coefficient (Wildman–Crippen LogP) is 2.18. The van der Waals surface area contributed by atoms with Crippen LogP contribution in [0.2, 0.25) is 0 Å². The van der Waals surface area contributed by atoms with Crippen LogP contribution in [0.15, 0.2) is 42.5 Å². The van der Waals surface area contributed by atoms with E-state index in [9.17, 15) is 9.59 Å². The molecule has 0 saturated heterocycles. The number of carbonyl (C=O) groups excluding carboxylic acids is 2. The number of terminal acetylenes is 1. The molecule has 4 rings (SSSR count). The summed E-state index contributed by atoms with van der Waals surface area (Å²) in [7, 11) is 0. The van der Waals surface area contributed by atoms with Gasteiger partial charge in [-0.2, -0.15) is 0 Å². The molecule has 0 bridgehead atoms. The topological polar surface area (TPSA) is 89.2 Å². The van der Waals surface area contributed by atoms with Gasteiger partial charge in [0.1, 0.15) is 5.69 Å². The number of rotatable bonds is 2. The summed E-state index contributed by atoms with van der Waals surface area (Å²) < 4.78 is 0. The Hall–Kier alpha value is -3.72. The second-order valence-corrected chi connectivity index (χ2v) is 6.07. The Labute approximate surface area is 149 Å². The number of nitrogen functional groups attached to an aromatic ring is 1. The minimum absolute atomic E-state index is 0.00795. The largest absolute Gasteiger partial charge is 0.368 e. The second-order valence-electron chi connectivity index (χ2n) is 6.07. The van der Waals surface area contributed by atoms with E-state index in [0.717, 1.165) is 11.1 Å². The molecule has 0 fully saturated rings. The fourth-order valence-corrected chi connectivity index (χ4v) is 3.16. The first-order valence-electron chi connectivity index (χ1n) is 8.01. The molecule has 0 unspecified atom stereocenters. The summed E-state index contributed by atoms with van der Waals surface area (Å²) >= 11 is 0. The number of hydrogen-bond donors (Lipinski definition) is 1. The quantitative estimate of drug-likeness (QED) is 0.438. The Kier molecular flexibility index (Phi) is 3.63. The minimum atomic E-state index is -0.462. The molecule has 2 N–H and O–H groups in total. The third-order valence-corrected chi connectivity index (χ3v) is 4.44. The monoisotopic (exact) mass is 342 g/mol. The van der Waals surface area contributed by atoms with E-state index in [1.165, 1.54) is 0 Å². The van der Waals surface area contributed by atoms with E-state index in [2.05, 4.69) is 15.9 Å². The lowest BCUT2D eigenvalue weighted by Gasteiger charge is -2.16. The SMILES string of the molecule is C#CC(=O)c1ccc2nc(N)nc(C(=O)N3Cc4ccccc4C3)c2c1. The van der Waals surface area contributed by atoms with Crippen LogP contribution < -0.4 is 5.73 Å². The molecule has 3 aromatic rings. The summed E-state index contributed by atoms with van der Waals surface area (Å²) in [6.45, 7) is 1.01. The van der Waals surface area contributed by atoms with Gasteiger partial charge in [-0.15, -0.1) is 6.42 Å². The average molecular weight is 342 g/mol. The van der Waals surface area contributed by atoms with Gasteiger partial charge < -0.3 is 10.6 Å². The lowest BCUT2D eigenvalue weighted by molar-refractivity contribution is 0.0747. The van der Waals surface area contributed by atoms with Crippen molar-refractivity contribution in [2.24, 2.45) is 0 Å². The van der Waals surface area contributed by atoms with Crippen molar-refractivity contribution in [3.63, 3.8) is 0 Å². The molecule has 1 aliphatic heterocycles. The number of hydrogen-bond acceptors (Lipinski definition) is 5. The van der Waals surface area contributed by atoms with Crippen molar-refractivity contribution >= 4 is 28.5 Å². The normalized spacial score (nSPS) is 12.7. The second kappa shape index (κ2) is 5.97. The first kappa shape index (κ1) is 15.8. The van der Waals surface area contributed by atoms with E-state index in [0.29, 0.717) is 29.6 Å². The van der Waals surface area contributed by atoms with Gasteiger partial charge in [0.25, 0.3) is 5.91 Å². The molecule has 6 heteroatoms. The average Bonchev–Trinajstić information content (AvgIpc) is 3.10. The summed E-state index contributed by atoms with van der Waals surface area (Å²) in [5.41, 5.74) is 8.97. The molecule has 0 aliphatic carbocycles. The van der Waals surface area contributed by atoms with Crippen LogP contribution >= 0.6 is 0 Å². The Morgan fingerprint density at radius 3 is 2.42 bits per heavy atom. The predicted molar refractivity (Wildman–Crippen MR) is 97.1 cm³/mol. The smallest absolute Gasteiger partial charge is 0.273 e. The van der Waals surface area contributed by atoms with Crippen LogP contribution in [0.4, 0.5) is 5.95 Å². The maximum Gasteiger partial charge on any atom is 0.273 e. The summed E-state index contributed by atoms with van der Waals surface area (Å²) in [6, 6.07) is 12.6. The number of nitrogens with two attached hydrogens (primary N) is 1. The van der Waals surface area contributed by atoms with E-state index in [1.54, 1.807) is 23.1 Å². The van der Waals surface area contributed by atoms with Gasteiger partial charge in [-0.25, -0.2) is 9.97 Å². The van der Waals surface area contributed by atoms with Gasteiger partial charge in [0.2, 0.25) is 11.7 Å². The van der Waals surface area contributed by atoms with Crippen LogP contribution in [0.3, 0.4) is 0 Å². The molecule has 0 saturated carbocycles. The number of benzene rings is 2. The number of nitrogens with zero attached hydrogens (tertiary/aromatic N) is 3. The molecule has 1 amide bonds. The number of fused-ring (bicyclic) bond motifs is 2. The lowest BCUT2D eigenvalue weighted by Crippen LogP contribution is -2.27. The van der Waals surface area contributed by atoms with Crippen molar-refractivity contribution in [2.75, 3.05) is 5.73 Å². The highest BCUT2D eigenvalue weighted by atomic mass is 16.2. The van der Waals surface area contributed by atoms with Crippen LogP contribution in [-0.4, -0.2) is 26.6 Å². The number of Topliss-reactive ketones (excluding diaryl/α,β-unsaturated/α-hetero) is 1. The summed E-state index contributed by atoms with van der Waals surface area (Å²) in [5.74, 6) is 1.36. The molecule has 0 atom stereocenters. The number of carbonyl (C=O) groups is 2. The number of anilines is 1.